The molecule has 0 radical (unpaired) electrons. The van der Waals surface area contributed by atoms with Crippen LogP contribution in [-0.4, -0.2) is 55.1 Å². The van der Waals surface area contributed by atoms with Crippen LogP contribution < -0.4 is 5.32 Å². The SMILES string of the molecule is CCOC(=O)c1ccccc1NC(=O)CN1CCCN(Cc2cccc(C)c2)S1(=O)=O. The van der Waals surface area contributed by atoms with E-state index >= 15 is 0 Å². The van der Waals surface area contributed by atoms with Gasteiger partial charge in [0.05, 0.1) is 24.4 Å². The monoisotopic (exact) mass is 445 g/mol. The van der Waals surface area contributed by atoms with Crippen molar-refractivity contribution in [3.8, 4) is 0 Å². The Labute approximate surface area is 183 Å². The summed E-state index contributed by atoms with van der Waals surface area (Å²) in [5.41, 5.74) is 2.47. The van der Waals surface area contributed by atoms with Crippen molar-refractivity contribution in [2.75, 3.05) is 31.6 Å². The maximum atomic E-state index is 13.0. The van der Waals surface area contributed by atoms with Gasteiger partial charge in [-0.1, -0.05) is 42.0 Å². The molecule has 9 heteroatoms. The number of hydrogen-bond donors (Lipinski definition) is 1. The van der Waals surface area contributed by atoms with Gasteiger partial charge >= 0.3 is 5.97 Å². The molecule has 1 amide bonds. The number of amides is 1. The van der Waals surface area contributed by atoms with Gasteiger partial charge in [0, 0.05) is 19.6 Å². The number of carbonyl (C=O) groups is 2. The van der Waals surface area contributed by atoms with Crippen LogP contribution in [0.25, 0.3) is 0 Å². The molecule has 2 aromatic rings. The van der Waals surface area contributed by atoms with Crippen LogP contribution in [0.15, 0.2) is 48.5 Å². The minimum Gasteiger partial charge on any atom is -0.462 e. The smallest absolute Gasteiger partial charge is 0.340 e. The number of hydrogen-bond acceptors (Lipinski definition) is 5. The third-order valence-corrected chi connectivity index (χ3v) is 6.85. The fourth-order valence-corrected chi connectivity index (χ4v) is 5.12. The van der Waals surface area contributed by atoms with Gasteiger partial charge in [0.15, 0.2) is 0 Å². The average Bonchev–Trinajstić information content (AvgIpc) is 2.72. The molecule has 0 aliphatic carbocycles. The minimum absolute atomic E-state index is 0.212. The van der Waals surface area contributed by atoms with Gasteiger partial charge in [-0.15, -0.1) is 0 Å². The van der Waals surface area contributed by atoms with E-state index in [0.29, 0.717) is 13.0 Å². The van der Waals surface area contributed by atoms with Crippen molar-refractivity contribution in [2.24, 2.45) is 0 Å². The van der Waals surface area contributed by atoms with Gasteiger partial charge < -0.3 is 10.1 Å². The average molecular weight is 446 g/mol. The van der Waals surface area contributed by atoms with Crippen LogP contribution in [-0.2, 0) is 26.3 Å². The molecule has 1 heterocycles. The quantitative estimate of drug-likeness (QED) is 0.661. The summed E-state index contributed by atoms with van der Waals surface area (Å²) in [5, 5.41) is 2.64. The molecule has 8 nitrogen and oxygen atoms in total. The summed E-state index contributed by atoms with van der Waals surface area (Å²) in [6, 6.07) is 14.2. The Morgan fingerprint density at radius 1 is 1.06 bits per heavy atom. The molecule has 1 N–H and O–H groups in total. The molecule has 1 aliphatic heterocycles. The highest BCUT2D eigenvalue weighted by Crippen LogP contribution is 2.21. The molecule has 1 aliphatic rings. The molecular formula is C22H27N3O5S. The Hall–Kier alpha value is -2.75. The van der Waals surface area contributed by atoms with E-state index in [-0.39, 0.29) is 37.5 Å². The van der Waals surface area contributed by atoms with Crippen LogP contribution in [0.3, 0.4) is 0 Å². The summed E-state index contributed by atoms with van der Waals surface area (Å²) in [6.45, 7) is 4.46. The van der Waals surface area contributed by atoms with Crippen LogP contribution >= 0.6 is 0 Å². The third kappa shape index (κ3) is 5.69. The molecule has 2 aromatic carbocycles. The van der Waals surface area contributed by atoms with E-state index in [1.54, 1.807) is 31.2 Å². The van der Waals surface area contributed by atoms with Gasteiger partial charge in [0.1, 0.15) is 0 Å². The van der Waals surface area contributed by atoms with Crippen LogP contribution in [0, 0.1) is 6.92 Å². The van der Waals surface area contributed by atoms with Crippen molar-refractivity contribution in [1.29, 1.82) is 0 Å². The van der Waals surface area contributed by atoms with Gasteiger partial charge in [0.25, 0.3) is 10.2 Å². The van der Waals surface area contributed by atoms with Gasteiger partial charge in [-0.05, 0) is 38.0 Å². The molecule has 31 heavy (non-hydrogen) atoms. The summed E-state index contributed by atoms with van der Waals surface area (Å²) in [5.74, 6) is -1.06. The van der Waals surface area contributed by atoms with E-state index in [4.69, 9.17) is 4.74 Å². The maximum Gasteiger partial charge on any atom is 0.340 e. The van der Waals surface area contributed by atoms with Crippen molar-refractivity contribution in [1.82, 2.24) is 8.61 Å². The zero-order valence-electron chi connectivity index (χ0n) is 17.7. The third-order valence-electron chi connectivity index (χ3n) is 4.93. The second-order valence-corrected chi connectivity index (χ2v) is 9.26. The molecular weight excluding hydrogens is 418 g/mol. The summed E-state index contributed by atoms with van der Waals surface area (Å²) < 4.78 is 33.7. The highest BCUT2D eigenvalue weighted by molar-refractivity contribution is 7.86. The van der Waals surface area contributed by atoms with E-state index in [1.165, 1.54) is 8.61 Å². The lowest BCUT2D eigenvalue weighted by Crippen LogP contribution is -2.51. The lowest BCUT2D eigenvalue weighted by Gasteiger charge is -2.34. The largest absolute Gasteiger partial charge is 0.462 e. The van der Waals surface area contributed by atoms with Crippen LogP contribution in [0.4, 0.5) is 5.69 Å². The molecule has 0 bridgehead atoms. The maximum absolute atomic E-state index is 13.0. The molecule has 0 atom stereocenters. The first-order valence-electron chi connectivity index (χ1n) is 10.2. The zero-order valence-corrected chi connectivity index (χ0v) is 18.5. The van der Waals surface area contributed by atoms with Crippen molar-refractivity contribution in [3.05, 3.63) is 65.2 Å². The molecule has 0 unspecified atom stereocenters. The number of anilines is 1. The fourth-order valence-electron chi connectivity index (χ4n) is 3.48. The van der Waals surface area contributed by atoms with E-state index in [0.717, 1.165) is 11.1 Å². The number of nitrogens with one attached hydrogen (secondary N) is 1. The predicted octanol–water partition coefficient (Wildman–Crippen LogP) is 2.56. The molecule has 0 saturated carbocycles. The number of carbonyl (C=O) groups excluding carboxylic acids is 2. The number of ether oxygens (including phenoxy) is 1. The van der Waals surface area contributed by atoms with Gasteiger partial charge in [0.2, 0.25) is 5.91 Å². The van der Waals surface area contributed by atoms with Crippen molar-refractivity contribution >= 4 is 27.8 Å². The van der Waals surface area contributed by atoms with Crippen molar-refractivity contribution in [2.45, 2.75) is 26.8 Å². The molecule has 166 valence electrons. The number of rotatable bonds is 7. The highest BCUT2D eigenvalue weighted by atomic mass is 32.2. The lowest BCUT2D eigenvalue weighted by molar-refractivity contribution is -0.116. The van der Waals surface area contributed by atoms with E-state index in [2.05, 4.69) is 5.32 Å². The van der Waals surface area contributed by atoms with Crippen molar-refractivity contribution in [3.63, 3.8) is 0 Å². The Bertz CT molecular complexity index is 1050. The minimum atomic E-state index is -3.78. The number of benzene rings is 2. The van der Waals surface area contributed by atoms with Crippen LogP contribution in [0.2, 0.25) is 0 Å². The fraction of sp³-hybridized carbons (Fsp3) is 0.364. The van der Waals surface area contributed by atoms with Gasteiger partial charge in [-0.2, -0.15) is 17.0 Å². The van der Waals surface area contributed by atoms with Gasteiger partial charge in [-0.25, -0.2) is 4.79 Å². The Morgan fingerprint density at radius 3 is 2.55 bits per heavy atom. The summed E-state index contributed by atoms with van der Waals surface area (Å²) in [7, 11) is -3.78. The zero-order chi connectivity index (χ0) is 22.4. The summed E-state index contributed by atoms with van der Waals surface area (Å²) in [4.78, 5) is 24.7. The predicted molar refractivity (Wildman–Crippen MR) is 118 cm³/mol. The summed E-state index contributed by atoms with van der Waals surface area (Å²) >= 11 is 0. The van der Waals surface area contributed by atoms with Crippen LogP contribution in [0.1, 0.15) is 34.8 Å². The van der Waals surface area contributed by atoms with Crippen LogP contribution in [0.5, 0.6) is 0 Å². The Balaban J connectivity index is 1.69. The van der Waals surface area contributed by atoms with Crippen molar-refractivity contribution < 1.29 is 22.7 Å². The standard InChI is InChI=1S/C22H27N3O5S/c1-3-30-22(27)19-10-4-5-11-20(19)23-21(26)16-25-13-7-12-24(31(25,28)29)15-18-9-6-8-17(2)14-18/h4-6,8-11,14H,3,7,12-13,15-16H2,1-2H3,(H,23,26). The number of para-hydroxylation sites is 1. The van der Waals surface area contributed by atoms with E-state index in [1.807, 2.05) is 31.2 Å². The first-order chi connectivity index (χ1) is 14.8. The normalized spacial score (nSPS) is 16.6. The number of esters is 1. The Kier molecular flexibility index (Phi) is 7.42. The summed E-state index contributed by atoms with van der Waals surface area (Å²) in [6.07, 6.45) is 0.623. The molecule has 3 rings (SSSR count). The van der Waals surface area contributed by atoms with Gasteiger partial charge in [-0.3, -0.25) is 4.79 Å². The first-order valence-corrected chi connectivity index (χ1v) is 11.6. The number of nitrogens with zero attached hydrogens (tertiary/aromatic N) is 2. The molecule has 0 spiro atoms. The second kappa shape index (κ2) is 10.0. The second-order valence-electron chi connectivity index (χ2n) is 7.33. The Morgan fingerprint density at radius 2 is 1.81 bits per heavy atom. The van der Waals surface area contributed by atoms with E-state index in [9.17, 15) is 18.0 Å². The molecule has 1 saturated heterocycles. The van der Waals surface area contributed by atoms with E-state index < -0.39 is 22.1 Å². The number of aryl methyl sites for hydroxylation is 1. The highest BCUT2D eigenvalue weighted by Gasteiger charge is 2.34. The molecule has 0 aromatic heterocycles. The topological polar surface area (TPSA) is 96.0 Å². The lowest BCUT2D eigenvalue weighted by atomic mass is 10.1. The first kappa shape index (κ1) is 22.9. The molecule has 1 fully saturated rings.